The van der Waals surface area contributed by atoms with Crippen molar-refractivity contribution >= 4 is 33.1 Å². The summed E-state index contributed by atoms with van der Waals surface area (Å²) in [5.41, 5.74) is 5.23. The van der Waals surface area contributed by atoms with Gasteiger partial charge in [-0.25, -0.2) is 4.98 Å². The number of imidazole rings is 1. The van der Waals surface area contributed by atoms with Crippen molar-refractivity contribution < 1.29 is 0 Å². The Morgan fingerprint density at radius 2 is 2.20 bits per heavy atom. The highest BCUT2D eigenvalue weighted by Crippen LogP contribution is 2.31. The van der Waals surface area contributed by atoms with Gasteiger partial charge in [0.25, 0.3) is 0 Å². The van der Waals surface area contributed by atoms with Gasteiger partial charge in [0.1, 0.15) is 5.82 Å². The summed E-state index contributed by atoms with van der Waals surface area (Å²) in [5, 5.41) is 0. The zero-order valence-corrected chi connectivity index (χ0v) is 16.5. The first kappa shape index (κ1) is 17.8. The van der Waals surface area contributed by atoms with Gasteiger partial charge in [-0.05, 0) is 38.8 Å². The van der Waals surface area contributed by atoms with Gasteiger partial charge in [0, 0.05) is 28.5 Å². The zero-order valence-electron chi connectivity index (χ0n) is 15.0. The van der Waals surface area contributed by atoms with Crippen molar-refractivity contribution in [2.45, 2.75) is 40.2 Å². The minimum Gasteiger partial charge on any atom is -0.299 e. The van der Waals surface area contributed by atoms with E-state index in [0.29, 0.717) is 6.54 Å². The van der Waals surface area contributed by atoms with Gasteiger partial charge in [0.2, 0.25) is 0 Å². The van der Waals surface area contributed by atoms with Crippen molar-refractivity contribution in [2.75, 3.05) is 6.54 Å². The Bertz CT molecular complexity index is 847. The van der Waals surface area contributed by atoms with E-state index < -0.39 is 0 Å². The molecule has 1 aromatic rings. The smallest absolute Gasteiger partial charge is 0.135 e. The van der Waals surface area contributed by atoms with Crippen molar-refractivity contribution in [1.82, 2.24) is 9.55 Å². The second-order valence-corrected chi connectivity index (χ2v) is 6.87. The Kier molecular flexibility index (Phi) is 5.63. The van der Waals surface area contributed by atoms with Crippen LogP contribution >= 0.6 is 15.9 Å². The normalized spacial score (nSPS) is 17.8. The van der Waals surface area contributed by atoms with E-state index in [0.717, 1.165) is 58.1 Å². The molecule has 0 saturated heterocycles. The van der Waals surface area contributed by atoms with E-state index in [9.17, 15) is 0 Å². The van der Waals surface area contributed by atoms with Crippen LogP contribution in [0.2, 0.25) is 0 Å². The lowest BCUT2D eigenvalue weighted by Gasteiger charge is -2.15. The molecule has 1 aliphatic heterocycles. The molecule has 0 fully saturated rings. The predicted octanol–water partition coefficient (Wildman–Crippen LogP) is 5.02. The Morgan fingerprint density at radius 3 is 2.96 bits per heavy atom. The number of allylic oxidation sites excluding steroid dienone is 8. The van der Waals surface area contributed by atoms with E-state index in [1.54, 1.807) is 0 Å². The Morgan fingerprint density at radius 1 is 1.36 bits per heavy atom. The molecule has 1 aliphatic carbocycles. The molecule has 25 heavy (non-hydrogen) atoms. The summed E-state index contributed by atoms with van der Waals surface area (Å²) < 4.78 is 3.28. The Hall–Kier alpha value is -2.01. The standard InChI is InChI=1S/C20H23BrN4/c1-4-6-9-17(22-5-2)20-16-11-15(21)8-7-10-18(16)25-14(3)12-23-19(25)13-24-20/h6,8-12H,4-5,7,13H2,1-3H3/b9-6-,22-17?. The molecule has 0 saturated carbocycles. The van der Waals surface area contributed by atoms with Gasteiger partial charge >= 0.3 is 0 Å². The largest absolute Gasteiger partial charge is 0.299 e. The maximum Gasteiger partial charge on any atom is 0.135 e. The van der Waals surface area contributed by atoms with Crippen LogP contribution in [0.4, 0.5) is 0 Å². The first-order chi connectivity index (χ1) is 12.2. The number of aromatic nitrogens is 2. The third-order valence-electron chi connectivity index (χ3n) is 4.15. The molecular formula is C20H23BrN4. The van der Waals surface area contributed by atoms with Crippen LogP contribution in [0.5, 0.6) is 0 Å². The molecule has 5 heteroatoms. The molecule has 0 radical (unpaired) electrons. The Labute approximate surface area is 157 Å². The molecule has 3 rings (SSSR count). The predicted molar refractivity (Wildman–Crippen MR) is 109 cm³/mol. The number of hydrogen-bond donors (Lipinski definition) is 0. The summed E-state index contributed by atoms with van der Waals surface area (Å²) in [6.07, 6.45) is 14.5. The van der Waals surface area contributed by atoms with Crippen molar-refractivity contribution in [3.8, 4) is 0 Å². The number of nitrogens with zero attached hydrogens (tertiary/aromatic N) is 4. The summed E-state index contributed by atoms with van der Waals surface area (Å²) in [7, 11) is 0. The van der Waals surface area contributed by atoms with Gasteiger partial charge in [-0.1, -0.05) is 41.1 Å². The summed E-state index contributed by atoms with van der Waals surface area (Å²) in [5.74, 6) is 0.970. The number of rotatable bonds is 4. The fourth-order valence-electron chi connectivity index (χ4n) is 3.05. The van der Waals surface area contributed by atoms with Crippen LogP contribution in [0.3, 0.4) is 0 Å². The van der Waals surface area contributed by atoms with E-state index in [2.05, 4.69) is 76.6 Å². The van der Waals surface area contributed by atoms with E-state index in [1.807, 2.05) is 6.20 Å². The van der Waals surface area contributed by atoms with Crippen molar-refractivity contribution in [3.05, 3.63) is 58.2 Å². The molecule has 0 atom stereocenters. The van der Waals surface area contributed by atoms with Crippen LogP contribution in [0, 0.1) is 6.92 Å². The van der Waals surface area contributed by atoms with Crippen molar-refractivity contribution in [1.29, 1.82) is 0 Å². The molecule has 2 heterocycles. The molecule has 0 amide bonds. The monoisotopic (exact) mass is 398 g/mol. The summed E-state index contributed by atoms with van der Waals surface area (Å²) in [6, 6.07) is 0. The highest BCUT2D eigenvalue weighted by atomic mass is 79.9. The fraction of sp³-hybridized carbons (Fsp3) is 0.350. The fourth-order valence-corrected chi connectivity index (χ4v) is 3.47. The van der Waals surface area contributed by atoms with Gasteiger partial charge in [0.05, 0.1) is 23.7 Å². The second-order valence-electron chi connectivity index (χ2n) is 5.96. The third kappa shape index (κ3) is 3.66. The topological polar surface area (TPSA) is 42.5 Å². The number of halogens is 1. The molecule has 0 spiro atoms. The van der Waals surface area contributed by atoms with Gasteiger partial charge in [0.15, 0.2) is 0 Å². The first-order valence-corrected chi connectivity index (χ1v) is 9.52. The lowest BCUT2D eigenvalue weighted by molar-refractivity contribution is 0.878. The number of hydrogen-bond acceptors (Lipinski definition) is 3. The quantitative estimate of drug-likeness (QED) is 0.656. The molecule has 0 bridgehead atoms. The first-order valence-electron chi connectivity index (χ1n) is 8.73. The Balaban J connectivity index is 2.20. The molecule has 2 aliphatic rings. The summed E-state index contributed by atoms with van der Waals surface area (Å²) in [6.45, 7) is 7.56. The van der Waals surface area contributed by atoms with E-state index >= 15 is 0 Å². The van der Waals surface area contributed by atoms with E-state index in [1.165, 1.54) is 0 Å². The average molecular weight is 399 g/mol. The lowest BCUT2D eigenvalue weighted by atomic mass is 10.0. The third-order valence-corrected chi connectivity index (χ3v) is 4.70. The van der Waals surface area contributed by atoms with E-state index in [4.69, 9.17) is 9.98 Å². The zero-order chi connectivity index (χ0) is 17.8. The maximum atomic E-state index is 4.90. The van der Waals surface area contributed by atoms with Crippen molar-refractivity contribution in [3.63, 3.8) is 0 Å². The van der Waals surface area contributed by atoms with Crippen LogP contribution in [0.1, 0.15) is 38.2 Å². The average Bonchev–Trinajstić information content (AvgIpc) is 2.76. The molecule has 130 valence electrons. The number of fused-ring (bicyclic) bond motifs is 3. The molecule has 0 N–H and O–H groups in total. The van der Waals surface area contributed by atoms with Gasteiger partial charge in [-0.2, -0.15) is 0 Å². The highest BCUT2D eigenvalue weighted by molar-refractivity contribution is 9.11. The minimum absolute atomic E-state index is 0.557. The minimum atomic E-state index is 0.557. The summed E-state index contributed by atoms with van der Waals surface area (Å²) >= 11 is 3.66. The highest BCUT2D eigenvalue weighted by Gasteiger charge is 2.25. The molecule has 4 nitrogen and oxygen atoms in total. The van der Waals surface area contributed by atoms with Crippen LogP contribution < -0.4 is 0 Å². The number of aryl methyl sites for hydroxylation is 1. The van der Waals surface area contributed by atoms with Gasteiger partial charge in [-0.3, -0.25) is 14.6 Å². The molecule has 0 unspecified atom stereocenters. The molecule has 1 aromatic heterocycles. The van der Waals surface area contributed by atoms with Gasteiger partial charge in [-0.15, -0.1) is 0 Å². The summed E-state index contributed by atoms with van der Waals surface area (Å²) in [4.78, 5) is 14.2. The second kappa shape index (κ2) is 7.91. The van der Waals surface area contributed by atoms with Crippen LogP contribution in [-0.4, -0.2) is 27.5 Å². The molecule has 0 aromatic carbocycles. The molecular weight excluding hydrogens is 376 g/mol. The SMILES string of the molecule is CC/C=C\C(=NCC)C1=NCc2ncc(C)n2C2=CCC=C(Br)C=C21. The maximum absolute atomic E-state index is 4.90. The number of aliphatic imine (C=N–C) groups is 2. The van der Waals surface area contributed by atoms with Crippen LogP contribution in [0.15, 0.2) is 56.6 Å². The van der Waals surface area contributed by atoms with Crippen LogP contribution in [0.25, 0.3) is 5.70 Å². The lowest BCUT2D eigenvalue weighted by Crippen LogP contribution is -2.17. The van der Waals surface area contributed by atoms with Crippen molar-refractivity contribution in [2.24, 2.45) is 9.98 Å². The van der Waals surface area contributed by atoms with Crippen LogP contribution in [-0.2, 0) is 6.54 Å². The van der Waals surface area contributed by atoms with E-state index in [-0.39, 0.29) is 0 Å². The van der Waals surface area contributed by atoms with Gasteiger partial charge < -0.3 is 0 Å².